The number of carbonyl (C=O) groups excluding carboxylic acids is 2. The third kappa shape index (κ3) is 5.71. The van der Waals surface area contributed by atoms with Gasteiger partial charge in [0.25, 0.3) is 11.6 Å². The number of amides is 1. The number of hydrogen-bond donors (Lipinski definition) is 2. The van der Waals surface area contributed by atoms with Gasteiger partial charge in [0.15, 0.2) is 5.11 Å². The number of anilines is 3. The molecule has 0 unspecified atom stereocenters. The van der Waals surface area contributed by atoms with Crippen molar-refractivity contribution in [1.29, 1.82) is 0 Å². The molecular weight excluding hydrogens is 486 g/mol. The molecular formula is C24H27N5O6S. The molecule has 0 aromatic heterocycles. The Morgan fingerprint density at radius 2 is 1.64 bits per heavy atom. The van der Waals surface area contributed by atoms with Crippen molar-refractivity contribution in [3.63, 3.8) is 0 Å². The van der Waals surface area contributed by atoms with Crippen LogP contribution in [0.5, 0.6) is 0 Å². The van der Waals surface area contributed by atoms with Gasteiger partial charge in [0, 0.05) is 37.8 Å². The fourth-order valence-electron chi connectivity index (χ4n) is 4.33. The highest BCUT2D eigenvalue weighted by atomic mass is 32.1. The van der Waals surface area contributed by atoms with Crippen molar-refractivity contribution in [2.24, 2.45) is 0 Å². The topological polar surface area (TPSA) is 126 Å². The van der Waals surface area contributed by atoms with Crippen molar-refractivity contribution in [1.82, 2.24) is 5.32 Å². The van der Waals surface area contributed by atoms with E-state index in [1.165, 1.54) is 13.2 Å². The molecule has 12 heteroatoms. The molecule has 2 aliphatic heterocycles. The largest absolute Gasteiger partial charge is 0.465 e. The van der Waals surface area contributed by atoms with Gasteiger partial charge in [-0.25, -0.2) is 4.79 Å². The van der Waals surface area contributed by atoms with Gasteiger partial charge in [0.05, 0.1) is 42.2 Å². The lowest BCUT2D eigenvalue weighted by Gasteiger charge is -2.31. The fourth-order valence-corrected chi connectivity index (χ4v) is 4.53. The molecule has 190 valence electrons. The minimum atomic E-state index is -0.583. The van der Waals surface area contributed by atoms with Crippen LogP contribution in [-0.2, 0) is 9.47 Å². The van der Waals surface area contributed by atoms with Gasteiger partial charge < -0.3 is 24.6 Å². The van der Waals surface area contributed by atoms with Crippen LogP contribution < -0.4 is 20.4 Å². The Balaban J connectivity index is 1.52. The summed E-state index contributed by atoms with van der Waals surface area (Å²) < 4.78 is 10.2. The van der Waals surface area contributed by atoms with E-state index in [-0.39, 0.29) is 16.4 Å². The van der Waals surface area contributed by atoms with Crippen molar-refractivity contribution < 1.29 is 24.0 Å². The van der Waals surface area contributed by atoms with Crippen LogP contribution >= 0.6 is 12.2 Å². The monoisotopic (exact) mass is 513 g/mol. The van der Waals surface area contributed by atoms with E-state index in [1.54, 1.807) is 30.3 Å². The number of benzene rings is 2. The molecule has 2 N–H and O–H groups in total. The van der Waals surface area contributed by atoms with Gasteiger partial charge in [-0.1, -0.05) is 0 Å². The summed E-state index contributed by atoms with van der Waals surface area (Å²) in [5.74, 6) is -1.09. The Morgan fingerprint density at radius 3 is 2.31 bits per heavy atom. The van der Waals surface area contributed by atoms with Gasteiger partial charge in [-0.05, 0) is 55.4 Å². The minimum Gasteiger partial charge on any atom is -0.465 e. The van der Waals surface area contributed by atoms with E-state index in [9.17, 15) is 19.7 Å². The summed E-state index contributed by atoms with van der Waals surface area (Å²) >= 11 is 5.36. The summed E-state index contributed by atoms with van der Waals surface area (Å²) in [7, 11) is 1.30. The number of methoxy groups -OCH3 is 1. The number of hydrogen-bond acceptors (Lipinski definition) is 9. The van der Waals surface area contributed by atoms with Crippen molar-refractivity contribution >= 4 is 52.0 Å². The number of esters is 1. The van der Waals surface area contributed by atoms with Crippen LogP contribution in [-0.4, -0.2) is 68.4 Å². The van der Waals surface area contributed by atoms with E-state index in [1.807, 2.05) is 4.90 Å². The van der Waals surface area contributed by atoms with E-state index < -0.39 is 16.8 Å². The summed E-state index contributed by atoms with van der Waals surface area (Å²) in [6, 6.07) is 9.46. The zero-order valence-electron chi connectivity index (χ0n) is 19.8. The molecule has 0 aliphatic carbocycles. The van der Waals surface area contributed by atoms with E-state index in [4.69, 9.17) is 21.7 Å². The molecule has 11 nitrogen and oxygen atoms in total. The smallest absolute Gasteiger partial charge is 0.337 e. The molecule has 2 aliphatic rings. The van der Waals surface area contributed by atoms with Crippen molar-refractivity contribution in [2.45, 2.75) is 12.8 Å². The van der Waals surface area contributed by atoms with Gasteiger partial charge in [0.1, 0.15) is 5.69 Å². The molecule has 2 saturated heterocycles. The van der Waals surface area contributed by atoms with Crippen molar-refractivity contribution in [2.75, 3.05) is 61.6 Å². The van der Waals surface area contributed by atoms with Crippen LogP contribution in [0.25, 0.3) is 0 Å². The third-order valence-electron chi connectivity index (χ3n) is 6.13. The van der Waals surface area contributed by atoms with Crippen LogP contribution in [0.3, 0.4) is 0 Å². The predicted molar refractivity (Wildman–Crippen MR) is 139 cm³/mol. The summed E-state index contributed by atoms with van der Waals surface area (Å²) in [6.07, 6.45) is 1.95. The molecule has 4 rings (SSSR count). The number of nitro groups is 1. The van der Waals surface area contributed by atoms with Crippen molar-refractivity contribution in [3.05, 3.63) is 57.6 Å². The molecule has 0 radical (unpaired) electrons. The molecule has 1 amide bonds. The number of ether oxygens (including phenoxy) is 2. The van der Waals surface area contributed by atoms with Gasteiger partial charge in [-0.3, -0.25) is 20.2 Å². The Morgan fingerprint density at radius 1 is 1.00 bits per heavy atom. The molecule has 0 spiro atoms. The number of nitrogens with zero attached hydrogens (tertiary/aromatic N) is 3. The molecule has 0 bridgehead atoms. The second-order valence-electron chi connectivity index (χ2n) is 8.39. The molecule has 0 saturated carbocycles. The zero-order valence-corrected chi connectivity index (χ0v) is 20.6. The molecule has 2 aromatic carbocycles. The number of carbonyl (C=O) groups is 2. The molecule has 36 heavy (non-hydrogen) atoms. The average molecular weight is 514 g/mol. The minimum absolute atomic E-state index is 0.0113. The summed E-state index contributed by atoms with van der Waals surface area (Å²) in [6.45, 7) is 3.92. The summed E-state index contributed by atoms with van der Waals surface area (Å²) in [5, 5.41) is 17.2. The van der Waals surface area contributed by atoms with E-state index in [2.05, 4.69) is 15.5 Å². The van der Waals surface area contributed by atoms with Crippen molar-refractivity contribution in [3.8, 4) is 0 Å². The number of nitro benzene ring substituents is 1. The molecule has 2 aromatic rings. The summed E-state index contributed by atoms with van der Waals surface area (Å²) in [4.78, 5) is 40.2. The van der Waals surface area contributed by atoms with Gasteiger partial charge in [0.2, 0.25) is 0 Å². The number of rotatable bonds is 6. The Kier molecular flexibility index (Phi) is 7.96. The van der Waals surface area contributed by atoms with Gasteiger partial charge >= 0.3 is 5.97 Å². The van der Waals surface area contributed by atoms with Crippen LogP contribution in [0.15, 0.2) is 36.4 Å². The second kappa shape index (κ2) is 11.3. The van der Waals surface area contributed by atoms with Gasteiger partial charge in [-0.2, -0.15) is 0 Å². The lowest BCUT2D eigenvalue weighted by atomic mass is 10.1. The van der Waals surface area contributed by atoms with Gasteiger partial charge in [-0.15, -0.1) is 0 Å². The highest BCUT2D eigenvalue weighted by molar-refractivity contribution is 7.80. The first kappa shape index (κ1) is 25.3. The van der Waals surface area contributed by atoms with Crippen LogP contribution in [0.2, 0.25) is 0 Å². The SMILES string of the molecule is COC(=O)c1ccc(N2CCOCC2)c(NC(=S)NC(=O)c2ccc(N3CCCC3)c([N+](=O)[O-])c2)c1. The maximum atomic E-state index is 12.9. The van der Waals surface area contributed by atoms with E-state index in [0.29, 0.717) is 43.2 Å². The normalized spacial score (nSPS) is 15.4. The Hall–Kier alpha value is -3.77. The first-order valence-electron chi connectivity index (χ1n) is 11.6. The maximum Gasteiger partial charge on any atom is 0.337 e. The third-order valence-corrected chi connectivity index (χ3v) is 6.33. The lowest BCUT2D eigenvalue weighted by molar-refractivity contribution is -0.384. The molecule has 2 heterocycles. The maximum absolute atomic E-state index is 12.9. The van der Waals surface area contributed by atoms with E-state index in [0.717, 1.165) is 31.6 Å². The molecule has 2 fully saturated rings. The number of nitrogens with one attached hydrogen (secondary N) is 2. The first-order valence-corrected chi connectivity index (χ1v) is 12.0. The zero-order chi connectivity index (χ0) is 25.7. The number of morpholine rings is 1. The van der Waals surface area contributed by atoms with Crippen LogP contribution in [0, 0.1) is 10.1 Å². The predicted octanol–water partition coefficient (Wildman–Crippen LogP) is 2.95. The average Bonchev–Trinajstić information content (AvgIpc) is 3.43. The first-order chi connectivity index (χ1) is 17.4. The van der Waals surface area contributed by atoms with Crippen LogP contribution in [0.4, 0.5) is 22.7 Å². The molecule has 0 atom stereocenters. The fraction of sp³-hybridized carbons (Fsp3) is 0.375. The second-order valence-corrected chi connectivity index (χ2v) is 8.79. The van der Waals surface area contributed by atoms with Crippen LogP contribution in [0.1, 0.15) is 33.6 Å². The lowest BCUT2D eigenvalue weighted by Crippen LogP contribution is -2.38. The quantitative estimate of drug-likeness (QED) is 0.258. The summed E-state index contributed by atoms with van der Waals surface area (Å²) in [5.41, 5.74) is 2.12. The Labute approximate surface area is 213 Å². The number of thiocarbonyl (C=S) groups is 1. The standard InChI is InChI=1S/C24H27N5O6S/c1-34-23(31)17-5-6-19(28-10-12-35-13-11-28)18(14-17)25-24(36)26-22(30)16-4-7-20(21(15-16)29(32)33)27-8-2-3-9-27/h4-7,14-15H,2-3,8-13H2,1H3,(H2,25,26,30,36). The highest BCUT2D eigenvalue weighted by Crippen LogP contribution is 2.32. The Bertz CT molecular complexity index is 1180. The highest BCUT2D eigenvalue weighted by Gasteiger charge is 2.24. The van der Waals surface area contributed by atoms with E-state index >= 15 is 0 Å².